The van der Waals surface area contributed by atoms with E-state index in [-0.39, 0.29) is 11.3 Å². The molecule has 0 unspecified atom stereocenters. The van der Waals surface area contributed by atoms with Crippen LogP contribution in [0.25, 0.3) is 0 Å². The van der Waals surface area contributed by atoms with Crippen LogP contribution in [0.1, 0.15) is 46.6 Å². The van der Waals surface area contributed by atoms with E-state index in [0.29, 0.717) is 27.8 Å². The van der Waals surface area contributed by atoms with Gasteiger partial charge < -0.3 is 15.6 Å². The number of thiophene rings is 1. The Kier molecular flexibility index (Phi) is 4.73. The van der Waals surface area contributed by atoms with Crippen LogP contribution in [0.15, 0.2) is 35.2 Å². The minimum absolute atomic E-state index is 0.176. The van der Waals surface area contributed by atoms with Gasteiger partial charge in [-0.05, 0) is 12.1 Å². The molecular weight excluding hydrogens is 350 g/mol. The van der Waals surface area contributed by atoms with Crippen LogP contribution < -0.4 is 11.1 Å². The van der Waals surface area contributed by atoms with Crippen molar-refractivity contribution in [3.63, 3.8) is 0 Å². The topological polar surface area (TPSA) is 107 Å². The molecule has 0 bridgehead atoms. The number of hydrogen-bond donors (Lipinski definition) is 2. The number of carbonyl (C=O) groups is 1. The first-order valence-corrected chi connectivity index (χ1v) is 8.60. The molecule has 0 atom stereocenters. The van der Waals surface area contributed by atoms with Crippen LogP contribution in [0.3, 0.4) is 0 Å². The van der Waals surface area contributed by atoms with E-state index < -0.39 is 0 Å². The smallest absolute Gasteiger partial charge is 0.267 e. The molecule has 0 spiro atoms. The normalized spacial score (nSPS) is 10.9. The van der Waals surface area contributed by atoms with Crippen LogP contribution in [0.2, 0.25) is 0 Å². The monoisotopic (exact) mass is 367 g/mol. The largest absolute Gasteiger partial charge is 0.383 e. The van der Waals surface area contributed by atoms with Crippen LogP contribution in [0.5, 0.6) is 0 Å². The Hall–Kier alpha value is -3.18. The molecule has 7 nitrogen and oxygen atoms in total. The van der Waals surface area contributed by atoms with Gasteiger partial charge in [0.05, 0.1) is 15.3 Å². The molecule has 3 N–H and O–H groups in total. The lowest BCUT2D eigenvalue weighted by atomic mass is 9.93. The maximum atomic E-state index is 12.3. The molecular formula is C18H17N5O2S. The van der Waals surface area contributed by atoms with Gasteiger partial charge >= 0.3 is 0 Å². The van der Waals surface area contributed by atoms with Gasteiger partial charge in [0, 0.05) is 17.7 Å². The molecule has 3 heterocycles. The summed E-state index contributed by atoms with van der Waals surface area (Å²) in [6.45, 7) is 6.02. The number of amides is 1. The second-order valence-corrected chi connectivity index (χ2v) is 7.60. The second kappa shape index (κ2) is 6.98. The molecule has 3 aromatic rings. The standard InChI is InChI=1S/C18H17N5O2S/c1-18(2,3)14-8-15(23-25-14)22-17(24)13-7-6-12(26-13)5-4-11-9-20-10-21-16(11)19/h6-10H,1-3H3,(H2,19,20,21)(H,22,23,24). The Morgan fingerprint density at radius 1 is 1.31 bits per heavy atom. The number of nitrogens with one attached hydrogen (secondary N) is 1. The molecule has 3 aromatic heterocycles. The number of aromatic nitrogens is 3. The first-order chi connectivity index (χ1) is 12.3. The van der Waals surface area contributed by atoms with Crippen LogP contribution in [-0.2, 0) is 5.41 Å². The Morgan fingerprint density at radius 2 is 2.12 bits per heavy atom. The van der Waals surface area contributed by atoms with E-state index in [1.54, 1.807) is 24.4 Å². The minimum atomic E-state index is -0.264. The predicted molar refractivity (Wildman–Crippen MR) is 99.9 cm³/mol. The molecule has 0 aliphatic heterocycles. The van der Waals surface area contributed by atoms with Gasteiger partial charge in [0.1, 0.15) is 17.9 Å². The Bertz CT molecular complexity index is 1000. The lowest BCUT2D eigenvalue weighted by Crippen LogP contribution is -2.11. The summed E-state index contributed by atoms with van der Waals surface area (Å²) in [5.74, 6) is 7.01. The first-order valence-electron chi connectivity index (χ1n) is 7.79. The van der Waals surface area contributed by atoms with Crippen molar-refractivity contribution < 1.29 is 9.32 Å². The fourth-order valence-corrected chi connectivity index (χ4v) is 2.71. The molecule has 0 aliphatic carbocycles. The number of anilines is 2. The summed E-state index contributed by atoms with van der Waals surface area (Å²) in [5.41, 5.74) is 6.10. The maximum absolute atomic E-state index is 12.3. The Balaban J connectivity index is 1.71. The van der Waals surface area contributed by atoms with Crippen molar-refractivity contribution in [1.29, 1.82) is 0 Å². The van der Waals surface area contributed by atoms with Crippen molar-refractivity contribution in [2.75, 3.05) is 11.1 Å². The van der Waals surface area contributed by atoms with E-state index in [1.807, 2.05) is 20.8 Å². The highest BCUT2D eigenvalue weighted by atomic mass is 32.1. The number of nitrogens with two attached hydrogens (primary N) is 1. The predicted octanol–water partition coefficient (Wildman–Crippen LogP) is 3.06. The molecule has 8 heteroatoms. The summed E-state index contributed by atoms with van der Waals surface area (Å²) in [7, 11) is 0. The van der Waals surface area contributed by atoms with E-state index in [0.717, 1.165) is 4.88 Å². The molecule has 0 saturated carbocycles. The third-order valence-corrected chi connectivity index (χ3v) is 4.38. The molecule has 132 valence electrons. The highest BCUT2D eigenvalue weighted by molar-refractivity contribution is 7.14. The van der Waals surface area contributed by atoms with Gasteiger partial charge in [0.15, 0.2) is 5.82 Å². The summed E-state index contributed by atoms with van der Waals surface area (Å²) in [6, 6.07) is 5.21. The quantitative estimate of drug-likeness (QED) is 0.674. The van der Waals surface area contributed by atoms with Crippen LogP contribution in [0, 0.1) is 11.8 Å². The van der Waals surface area contributed by atoms with Gasteiger partial charge in [0.2, 0.25) is 0 Å². The zero-order valence-corrected chi connectivity index (χ0v) is 15.3. The Morgan fingerprint density at radius 3 is 2.81 bits per heavy atom. The summed E-state index contributed by atoms with van der Waals surface area (Å²) in [5, 5.41) is 6.61. The summed E-state index contributed by atoms with van der Waals surface area (Å²) < 4.78 is 5.26. The van der Waals surface area contributed by atoms with E-state index >= 15 is 0 Å². The number of carbonyl (C=O) groups excluding carboxylic acids is 1. The lowest BCUT2D eigenvalue weighted by Gasteiger charge is -2.11. The average molecular weight is 367 g/mol. The van der Waals surface area contributed by atoms with Crippen molar-refractivity contribution >= 4 is 28.9 Å². The van der Waals surface area contributed by atoms with Crippen molar-refractivity contribution in [2.45, 2.75) is 26.2 Å². The number of hydrogen-bond acceptors (Lipinski definition) is 7. The zero-order valence-electron chi connectivity index (χ0n) is 14.5. The number of nitrogens with zero attached hydrogens (tertiary/aromatic N) is 3. The average Bonchev–Trinajstić information content (AvgIpc) is 3.23. The fourth-order valence-electron chi connectivity index (χ4n) is 1.96. The Labute approximate surface area is 154 Å². The van der Waals surface area contributed by atoms with Crippen LogP contribution in [-0.4, -0.2) is 21.0 Å². The molecule has 0 radical (unpaired) electrons. The van der Waals surface area contributed by atoms with Crippen LogP contribution in [0.4, 0.5) is 11.6 Å². The van der Waals surface area contributed by atoms with Gasteiger partial charge in [-0.3, -0.25) is 4.79 Å². The fraction of sp³-hybridized carbons (Fsp3) is 0.222. The van der Waals surface area contributed by atoms with Crippen LogP contribution >= 0.6 is 11.3 Å². The minimum Gasteiger partial charge on any atom is -0.383 e. The summed E-state index contributed by atoms with van der Waals surface area (Å²) >= 11 is 1.27. The molecule has 1 amide bonds. The first kappa shape index (κ1) is 17.6. The van der Waals surface area contributed by atoms with E-state index in [4.69, 9.17) is 10.3 Å². The van der Waals surface area contributed by atoms with E-state index in [9.17, 15) is 4.79 Å². The zero-order chi connectivity index (χ0) is 18.7. The van der Waals surface area contributed by atoms with Crippen molar-refractivity contribution in [2.24, 2.45) is 0 Å². The van der Waals surface area contributed by atoms with E-state index in [2.05, 4.69) is 32.3 Å². The molecule has 26 heavy (non-hydrogen) atoms. The van der Waals surface area contributed by atoms with Gasteiger partial charge in [-0.1, -0.05) is 37.8 Å². The van der Waals surface area contributed by atoms with Crippen molar-refractivity contribution in [3.05, 3.63) is 51.8 Å². The number of rotatable bonds is 2. The second-order valence-electron chi connectivity index (χ2n) is 6.52. The SMILES string of the molecule is CC(C)(C)c1cc(NC(=O)c2ccc(C#Cc3cncnc3N)s2)no1. The van der Waals surface area contributed by atoms with Crippen molar-refractivity contribution in [1.82, 2.24) is 15.1 Å². The van der Waals surface area contributed by atoms with Gasteiger partial charge in [0.25, 0.3) is 5.91 Å². The van der Waals surface area contributed by atoms with Gasteiger partial charge in [-0.2, -0.15) is 0 Å². The highest BCUT2D eigenvalue weighted by Crippen LogP contribution is 2.25. The summed E-state index contributed by atoms with van der Waals surface area (Å²) in [6.07, 6.45) is 2.91. The van der Waals surface area contributed by atoms with Crippen molar-refractivity contribution in [3.8, 4) is 11.8 Å². The third kappa shape index (κ3) is 4.07. The summed E-state index contributed by atoms with van der Waals surface area (Å²) in [4.78, 5) is 21.4. The molecule has 0 fully saturated rings. The van der Waals surface area contributed by atoms with E-state index in [1.165, 1.54) is 17.7 Å². The molecule has 3 rings (SSSR count). The maximum Gasteiger partial charge on any atom is 0.267 e. The van der Waals surface area contributed by atoms with Gasteiger partial charge in [-0.15, -0.1) is 11.3 Å². The highest BCUT2D eigenvalue weighted by Gasteiger charge is 2.20. The number of nitrogen functional groups attached to an aromatic ring is 1. The van der Waals surface area contributed by atoms with Gasteiger partial charge in [-0.25, -0.2) is 9.97 Å². The lowest BCUT2D eigenvalue weighted by molar-refractivity contribution is 0.102. The molecule has 0 saturated heterocycles. The third-order valence-electron chi connectivity index (χ3n) is 3.38. The molecule has 0 aromatic carbocycles. The molecule has 0 aliphatic rings.